The summed E-state index contributed by atoms with van der Waals surface area (Å²) in [5.74, 6) is -0.165. The van der Waals surface area contributed by atoms with Crippen molar-refractivity contribution in [3.05, 3.63) is 29.6 Å². The zero-order valence-electron chi connectivity index (χ0n) is 8.36. The van der Waals surface area contributed by atoms with E-state index < -0.39 is 0 Å². The van der Waals surface area contributed by atoms with E-state index in [9.17, 15) is 4.79 Å². The molecule has 1 heterocycles. The monoisotopic (exact) mass is 204 g/mol. The molecule has 0 unspecified atom stereocenters. The molecule has 0 aliphatic rings. The number of nitrogens with zero attached hydrogens (tertiary/aromatic N) is 1. The largest absolute Gasteiger partial charge is 0.365 e. The highest BCUT2D eigenvalue weighted by Crippen LogP contribution is 1.99. The number of hydrogen-bond donors (Lipinski definition) is 3. The second-order valence-electron chi connectivity index (χ2n) is 2.95. The number of nitrogens with two attached hydrogens (primary N) is 1. The van der Waals surface area contributed by atoms with Gasteiger partial charge in [0.25, 0.3) is 5.91 Å². The molecular weight excluding hydrogens is 191 g/mol. The van der Waals surface area contributed by atoms with E-state index in [0.29, 0.717) is 25.2 Å². The molecule has 1 aromatic heterocycles. The van der Waals surface area contributed by atoms with Crippen molar-refractivity contribution in [3.8, 4) is 0 Å². The van der Waals surface area contributed by atoms with Crippen LogP contribution in [-0.4, -0.2) is 32.0 Å². The zero-order valence-corrected chi connectivity index (χ0v) is 8.36. The molecule has 0 spiro atoms. The minimum absolute atomic E-state index is 0.165. The van der Waals surface area contributed by atoms with E-state index >= 15 is 0 Å². The Morgan fingerprint density at radius 2 is 2.27 bits per heavy atom. The number of aromatic nitrogens is 1. The van der Waals surface area contributed by atoms with Crippen molar-refractivity contribution in [2.45, 2.75) is 6.54 Å². The summed E-state index contributed by atoms with van der Waals surface area (Å²) in [6.45, 7) is 1.38. The van der Waals surface area contributed by atoms with Crippen LogP contribution in [0.15, 0.2) is 18.3 Å². The van der Waals surface area contributed by atoms with Gasteiger partial charge in [-0.2, -0.15) is 0 Å². The van der Waals surface area contributed by atoms with Gasteiger partial charge in [-0.1, -0.05) is 0 Å². The normalized spacial score (nSPS) is 9.93. The average molecular weight is 204 g/mol. The summed E-state index contributed by atoms with van der Waals surface area (Å²) >= 11 is 0. The van der Waals surface area contributed by atoms with Crippen molar-refractivity contribution in [2.75, 3.05) is 13.1 Å². The second-order valence-corrected chi connectivity index (χ2v) is 2.95. The van der Waals surface area contributed by atoms with Crippen molar-refractivity contribution in [2.24, 2.45) is 5.73 Å². The van der Waals surface area contributed by atoms with Crippen molar-refractivity contribution in [3.63, 3.8) is 0 Å². The van der Waals surface area contributed by atoms with Gasteiger partial charge in [-0.25, -0.2) is 0 Å². The minimum Gasteiger partial charge on any atom is -0.365 e. The summed E-state index contributed by atoms with van der Waals surface area (Å²) < 4.78 is 0. The van der Waals surface area contributed by atoms with Crippen LogP contribution in [0.25, 0.3) is 0 Å². The molecule has 1 amide bonds. The molecule has 5 nitrogen and oxygen atoms in total. The zero-order chi connectivity index (χ0) is 11.1. The van der Waals surface area contributed by atoms with Crippen LogP contribution < -0.4 is 16.3 Å². The quantitative estimate of drug-likeness (QED) is 0.422. The third-order valence-corrected chi connectivity index (χ3v) is 1.85. The van der Waals surface area contributed by atoms with Crippen LogP contribution in [0, 0.1) is 0 Å². The second kappa shape index (κ2) is 6.16. The first-order valence-corrected chi connectivity index (χ1v) is 4.64. The number of hydrogen-bond acceptors (Lipinski definition) is 4. The van der Waals surface area contributed by atoms with Crippen LogP contribution in [0.2, 0.25) is 0 Å². The molecule has 0 atom stereocenters. The Morgan fingerprint density at radius 3 is 2.80 bits per heavy atom. The number of pyridine rings is 1. The predicted octanol–water partition coefficient (Wildman–Crippen LogP) is -1.06. The standard InChI is InChI=1S/C9H13BN4O/c10-14-4-3-12-9(15)7-1-2-8(5-11)13-6-7/h1-2,6,14H,3-5,11H2,(H,12,15). The lowest BCUT2D eigenvalue weighted by Crippen LogP contribution is -2.30. The summed E-state index contributed by atoms with van der Waals surface area (Å²) in [5, 5.41) is 5.13. The molecule has 0 saturated heterocycles. The topological polar surface area (TPSA) is 80.0 Å². The summed E-state index contributed by atoms with van der Waals surface area (Å²) in [7, 11) is 5.06. The fourth-order valence-electron chi connectivity index (χ4n) is 1.03. The number of carbonyl (C=O) groups is 1. The maximum atomic E-state index is 11.5. The lowest BCUT2D eigenvalue weighted by Gasteiger charge is -2.04. The van der Waals surface area contributed by atoms with E-state index in [4.69, 9.17) is 13.7 Å². The van der Waals surface area contributed by atoms with Crippen molar-refractivity contribution in [1.29, 1.82) is 0 Å². The third kappa shape index (κ3) is 3.69. The molecular formula is C9H13BN4O. The van der Waals surface area contributed by atoms with Gasteiger partial charge in [0.15, 0.2) is 7.98 Å². The molecule has 4 N–H and O–H groups in total. The Hall–Kier alpha value is -1.40. The first-order chi connectivity index (χ1) is 7.27. The fraction of sp³-hybridized carbons (Fsp3) is 0.333. The van der Waals surface area contributed by atoms with Gasteiger partial charge in [0.1, 0.15) is 0 Å². The number of carbonyl (C=O) groups excluding carboxylic acids is 1. The maximum Gasteiger partial charge on any atom is 0.252 e. The highest BCUT2D eigenvalue weighted by atomic mass is 16.1. The number of nitrogens with one attached hydrogen (secondary N) is 2. The first-order valence-electron chi connectivity index (χ1n) is 4.64. The Balaban J connectivity index is 2.50. The van der Waals surface area contributed by atoms with Crippen LogP contribution in [-0.2, 0) is 6.54 Å². The summed E-state index contributed by atoms with van der Waals surface area (Å²) in [6, 6.07) is 3.43. The lowest BCUT2D eigenvalue weighted by atomic mass is 10.2. The number of amides is 1. The van der Waals surface area contributed by atoms with Crippen molar-refractivity contribution >= 4 is 13.9 Å². The van der Waals surface area contributed by atoms with Gasteiger partial charge < -0.3 is 16.3 Å². The molecule has 6 heteroatoms. The van der Waals surface area contributed by atoms with Crippen LogP contribution >= 0.6 is 0 Å². The van der Waals surface area contributed by atoms with Gasteiger partial charge in [-0.05, 0) is 12.1 Å². The Morgan fingerprint density at radius 1 is 1.47 bits per heavy atom. The van der Waals surface area contributed by atoms with Crippen LogP contribution in [0.5, 0.6) is 0 Å². The predicted molar refractivity (Wildman–Crippen MR) is 58.2 cm³/mol. The average Bonchev–Trinajstić information content (AvgIpc) is 2.29. The third-order valence-electron chi connectivity index (χ3n) is 1.85. The van der Waals surface area contributed by atoms with E-state index in [2.05, 4.69) is 15.5 Å². The highest BCUT2D eigenvalue weighted by Gasteiger charge is 2.04. The minimum atomic E-state index is -0.165. The smallest absolute Gasteiger partial charge is 0.252 e. The van der Waals surface area contributed by atoms with Gasteiger partial charge in [-0.3, -0.25) is 9.78 Å². The summed E-state index contributed by atoms with van der Waals surface area (Å²) in [5.41, 5.74) is 6.67. The molecule has 0 fully saturated rings. The van der Waals surface area contributed by atoms with E-state index in [-0.39, 0.29) is 5.91 Å². The molecule has 0 aliphatic heterocycles. The molecule has 2 radical (unpaired) electrons. The summed E-state index contributed by atoms with van der Waals surface area (Å²) in [4.78, 5) is 15.5. The molecule has 0 saturated carbocycles. The summed E-state index contributed by atoms with van der Waals surface area (Å²) in [6.07, 6.45) is 1.51. The highest BCUT2D eigenvalue weighted by molar-refractivity contribution is 6.04. The Labute approximate surface area is 89.9 Å². The van der Waals surface area contributed by atoms with Crippen molar-refractivity contribution in [1.82, 2.24) is 15.5 Å². The van der Waals surface area contributed by atoms with Crippen LogP contribution in [0.3, 0.4) is 0 Å². The van der Waals surface area contributed by atoms with E-state index in [1.807, 2.05) is 0 Å². The van der Waals surface area contributed by atoms with Gasteiger partial charge >= 0.3 is 0 Å². The molecule has 1 rings (SSSR count). The maximum absolute atomic E-state index is 11.5. The molecule has 0 aliphatic carbocycles. The van der Waals surface area contributed by atoms with Crippen molar-refractivity contribution < 1.29 is 4.79 Å². The van der Waals surface area contributed by atoms with Crippen LogP contribution in [0.4, 0.5) is 0 Å². The first kappa shape index (κ1) is 11.7. The SMILES string of the molecule is [B]NCCNC(=O)c1ccc(CN)nc1. The van der Waals surface area contributed by atoms with Gasteiger partial charge in [0.2, 0.25) is 0 Å². The Bertz CT molecular complexity index is 314. The van der Waals surface area contributed by atoms with Gasteiger partial charge in [-0.15, -0.1) is 0 Å². The fourth-order valence-corrected chi connectivity index (χ4v) is 1.03. The molecule has 0 bridgehead atoms. The molecule has 78 valence electrons. The van der Waals surface area contributed by atoms with Gasteiger partial charge in [0.05, 0.1) is 11.3 Å². The lowest BCUT2D eigenvalue weighted by molar-refractivity contribution is 0.0954. The molecule has 1 aromatic rings. The van der Waals surface area contributed by atoms with E-state index in [0.717, 1.165) is 5.69 Å². The van der Waals surface area contributed by atoms with E-state index in [1.54, 1.807) is 12.1 Å². The van der Waals surface area contributed by atoms with Crippen LogP contribution in [0.1, 0.15) is 16.1 Å². The Kier molecular flexibility index (Phi) is 4.79. The van der Waals surface area contributed by atoms with Gasteiger partial charge in [0, 0.05) is 25.8 Å². The molecule has 15 heavy (non-hydrogen) atoms. The molecule has 0 aromatic carbocycles. The number of rotatable bonds is 5. The van der Waals surface area contributed by atoms with E-state index in [1.165, 1.54) is 6.20 Å².